The Morgan fingerprint density at radius 2 is 1.68 bits per heavy atom. The molecule has 7 heteroatoms. The number of unbranched alkanes of at least 4 members (excludes halogenated alkanes) is 1. The maximum absolute atomic E-state index is 10.3. The Morgan fingerprint density at radius 1 is 1.11 bits per heavy atom. The number of hydrogen-bond donors (Lipinski definition) is 4. The molecule has 0 aliphatic carbocycles. The summed E-state index contributed by atoms with van der Waals surface area (Å²) in [5.74, 6) is -0.933. The van der Waals surface area contributed by atoms with Gasteiger partial charge in [0.1, 0.15) is 6.04 Å². The summed E-state index contributed by atoms with van der Waals surface area (Å²) < 4.78 is 0. The van der Waals surface area contributed by atoms with Crippen LogP contribution in [0.4, 0.5) is 4.79 Å². The van der Waals surface area contributed by atoms with Crippen molar-refractivity contribution in [2.75, 3.05) is 19.6 Å². The Balaban J connectivity index is 0.000000342. The Hall–Kier alpha value is -1.34. The zero-order chi connectivity index (χ0) is 14.7. The van der Waals surface area contributed by atoms with Gasteiger partial charge >= 0.3 is 12.1 Å². The van der Waals surface area contributed by atoms with Gasteiger partial charge in [-0.05, 0) is 38.6 Å². The highest BCUT2D eigenvalue weighted by molar-refractivity contribution is 5.72. The van der Waals surface area contributed by atoms with E-state index in [0.717, 1.165) is 38.8 Å². The second-order valence-electron chi connectivity index (χ2n) is 4.56. The number of amides is 1. The number of nitrogens with two attached hydrogens (primary N) is 2. The molecule has 1 aliphatic heterocycles. The van der Waals surface area contributed by atoms with Gasteiger partial charge in [0.05, 0.1) is 0 Å². The Bertz CT molecular complexity index is 268. The summed E-state index contributed by atoms with van der Waals surface area (Å²) in [6.45, 7) is 2.07. The molecule has 7 nitrogen and oxygen atoms in total. The van der Waals surface area contributed by atoms with E-state index < -0.39 is 18.1 Å². The van der Waals surface area contributed by atoms with Crippen LogP contribution in [0.1, 0.15) is 38.5 Å². The average molecular weight is 275 g/mol. The summed E-state index contributed by atoms with van der Waals surface area (Å²) in [6, 6.07) is -0.716. The smallest absolute Gasteiger partial charge is 0.407 e. The zero-order valence-corrected chi connectivity index (χ0v) is 11.3. The predicted molar refractivity (Wildman–Crippen MR) is 72.0 cm³/mol. The van der Waals surface area contributed by atoms with E-state index in [1.54, 1.807) is 0 Å². The molecule has 0 saturated carbocycles. The Morgan fingerprint density at radius 3 is 2.05 bits per heavy atom. The largest absolute Gasteiger partial charge is 0.480 e. The van der Waals surface area contributed by atoms with Gasteiger partial charge in [-0.1, -0.05) is 6.42 Å². The summed E-state index contributed by atoms with van der Waals surface area (Å²) in [5.41, 5.74) is 10.4. The van der Waals surface area contributed by atoms with Crippen LogP contribution in [-0.2, 0) is 4.79 Å². The fraction of sp³-hybridized carbons (Fsp3) is 0.833. The van der Waals surface area contributed by atoms with E-state index in [9.17, 15) is 9.59 Å². The highest BCUT2D eigenvalue weighted by Gasteiger charge is 2.13. The molecule has 0 radical (unpaired) electrons. The van der Waals surface area contributed by atoms with Gasteiger partial charge in [0.15, 0.2) is 0 Å². The summed E-state index contributed by atoms with van der Waals surface area (Å²) in [4.78, 5) is 21.9. The van der Waals surface area contributed by atoms with Crippen molar-refractivity contribution in [1.29, 1.82) is 0 Å². The van der Waals surface area contributed by atoms with Crippen molar-refractivity contribution in [3.8, 4) is 0 Å². The van der Waals surface area contributed by atoms with Gasteiger partial charge in [-0.2, -0.15) is 0 Å². The molecule has 0 aromatic heterocycles. The van der Waals surface area contributed by atoms with Crippen molar-refractivity contribution in [1.82, 2.24) is 4.90 Å². The molecular formula is C12H25N3O4. The normalized spacial score (nSPS) is 16.2. The number of likely N-dealkylation sites (tertiary alicyclic amines) is 1. The lowest BCUT2D eigenvalue weighted by molar-refractivity contribution is -0.138. The minimum absolute atomic E-state index is 0.520. The number of carboxylic acid groups (broad SMARTS) is 2. The van der Waals surface area contributed by atoms with Crippen LogP contribution in [0.25, 0.3) is 0 Å². The molecule has 1 fully saturated rings. The molecule has 19 heavy (non-hydrogen) atoms. The van der Waals surface area contributed by atoms with Gasteiger partial charge in [-0.25, -0.2) is 4.79 Å². The van der Waals surface area contributed by atoms with Crippen molar-refractivity contribution >= 4 is 12.1 Å². The third-order valence-electron chi connectivity index (χ3n) is 2.91. The van der Waals surface area contributed by atoms with E-state index in [-0.39, 0.29) is 0 Å². The Kier molecular flexibility index (Phi) is 9.82. The van der Waals surface area contributed by atoms with Crippen LogP contribution < -0.4 is 11.5 Å². The van der Waals surface area contributed by atoms with Crippen LogP contribution in [0.2, 0.25) is 0 Å². The van der Waals surface area contributed by atoms with Crippen molar-refractivity contribution in [3.63, 3.8) is 0 Å². The fourth-order valence-corrected chi connectivity index (χ4v) is 1.72. The van der Waals surface area contributed by atoms with Crippen molar-refractivity contribution in [2.45, 2.75) is 44.6 Å². The number of hydrogen-bond acceptors (Lipinski definition) is 4. The third-order valence-corrected chi connectivity index (χ3v) is 2.91. The van der Waals surface area contributed by atoms with Crippen LogP contribution >= 0.6 is 0 Å². The van der Waals surface area contributed by atoms with E-state index in [0.29, 0.717) is 13.0 Å². The minimum Gasteiger partial charge on any atom is -0.480 e. The number of nitrogens with zero attached hydrogens (tertiary/aromatic N) is 1. The van der Waals surface area contributed by atoms with Crippen LogP contribution in [0.3, 0.4) is 0 Å². The molecule has 1 unspecified atom stereocenters. The molecule has 1 atom stereocenters. The maximum atomic E-state index is 10.3. The number of rotatable bonds is 5. The van der Waals surface area contributed by atoms with Crippen molar-refractivity contribution < 1.29 is 19.8 Å². The summed E-state index contributed by atoms with van der Waals surface area (Å²) in [7, 11) is 0. The van der Waals surface area contributed by atoms with Gasteiger partial charge in [-0.3, -0.25) is 4.79 Å². The lowest BCUT2D eigenvalue weighted by Crippen LogP contribution is -2.34. The first-order valence-corrected chi connectivity index (χ1v) is 6.65. The first kappa shape index (κ1) is 17.7. The maximum Gasteiger partial charge on any atom is 0.407 e. The second-order valence-corrected chi connectivity index (χ2v) is 4.56. The lowest BCUT2D eigenvalue weighted by atomic mass is 10.1. The van der Waals surface area contributed by atoms with Crippen LogP contribution in [-0.4, -0.2) is 52.9 Å². The molecule has 112 valence electrons. The molecule has 1 amide bonds. The van der Waals surface area contributed by atoms with Crippen LogP contribution in [0.15, 0.2) is 0 Å². The van der Waals surface area contributed by atoms with Gasteiger partial charge in [0.25, 0.3) is 0 Å². The van der Waals surface area contributed by atoms with Crippen molar-refractivity contribution in [2.24, 2.45) is 11.5 Å². The molecular weight excluding hydrogens is 250 g/mol. The van der Waals surface area contributed by atoms with E-state index in [4.69, 9.17) is 21.7 Å². The topological polar surface area (TPSA) is 130 Å². The molecule has 6 N–H and O–H groups in total. The van der Waals surface area contributed by atoms with E-state index in [2.05, 4.69) is 0 Å². The second kappa shape index (κ2) is 10.6. The van der Waals surface area contributed by atoms with Crippen LogP contribution in [0.5, 0.6) is 0 Å². The molecule has 0 spiro atoms. The summed E-state index contributed by atoms with van der Waals surface area (Å²) >= 11 is 0. The predicted octanol–water partition coefficient (Wildman–Crippen LogP) is 0.678. The molecule has 1 saturated heterocycles. The molecule has 0 aromatic carbocycles. The molecule has 0 aromatic rings. The van der Waals surface area contributed by atoms with Crippen molar-refractivity contribution in [3.05, 3.63) is 0 Å². The van der Waals surface area contributed by atoms with Crippen LogP contribution in [0, 0.1) is 0 Å². The van der Waals surface area contributed by atoms with E-state index >= 15 is 0 Å². The highest BCUT2D eigenvalue weighted by atomic mass is 16.4. The SMILES string of the molecule is NCCCCC(N)C(=O)O.O=C(O)N1CCCCC1. The molecule has 0 bridgehead atoms. The fourth-order valence-electron chi connectivity index (χ4n) is 1.72. The number of piperidine rings is 1. The standard InChI is InChI=1S/C6H14N2O2.C6H11NO2/c7-4-2-1-3-5(8)6(9)10;8-6(9)7-4-2-1-3-5-7/h5H,1-4,7-8H2,(H,9,10);1-5H2,(H,8,9). The van der Waals surface area contributed by atoms with E-state index in [1.165, 1.54) is 11.3 Å². The first-order valence-electron chi connectivity index (χ1n) is 6.65. The van der Waals surface area contributed by atoms with E-state index in [1.807, 2.05) is 0 Å². The third kappa shape index (κ3) is 9.26. The highest BCUT2D eigenvalue weighted by Crippen LogP contribution is 2.07. The average Bonchev–Trinajstić information content (AvgIpc) is 2.40. The first-order chi connectivity index (χ1) is 8.99. The quantitative estimate of drug-likeness (QED) is 0.546. The molecule has 1 heterocycles. The van der Waals surface area contributed by atoms with Gasteiger partial charge in [-0.15, -0.1) is 0 Å². The summed E-state index contributed by atoms with van der Waals surface area (Å²) in [6.07, 6.45) is 4.65. The monoisotopic (exact) mass is 275 g/mol. The van der Waals surface area contributed by atoms with Gasteiger partial charge < -0.3 is 26.6 Å². The van der Waals surface area contributed by atoms with Gasteiger partial charge in [0, 0.05) is 13.1 Å². The number of aliphatic carboxylic acids is 1. The number of carboxylic acids is 1. The molecule has 1 rings (SSSR count). The minimum atomic E-state index is -0.933. The summed E-state index contributed by atoms with van der Waals surface area (Å²) in [5, 5.41) is 16.8. The molecule has 1 aliphatic rings. The lowest BCUT2D eigenvalue weighted by Gasteiger charge is -2.22. The van der Waals surface area contributed by atoms with Gasteiger partial charge in [0.2, 0.25) is 0 Å². The number of carbonyl (C=O) groups is 2. The Labute approximate surface area is 113 Å². The zero-order valence-electron chi connectivity index (χ0n) is 11.3.